The summed E-state index contributed by atoms with van der Waals surface area (Å²) in [6, 6.07) is 7.16. The van der Waals surface area contributed by atoms with Gasteiger partial charge in [0.2, 0.25) is 0 Å². The van der Waals surface area contributed by atoms with E-state index in [9.17, 15) is 9.65 Å². The van der Waals surface area contributed by atoms with Gasteiger partial charge in [-0.05, 0) is 17.1 Å². The number of aromatic nitrogens is 2. The number of nitriles is 1. The molecule has 0 aliphatic heterocycles. The van der Waals surface area contributed by atoms with Crippen LogP contribution in [0.2, 0.25) is 0 Å². The standard InChI is InChI=1S/C20H19F2N3/c1-19(2,3)15-8-6-7-13(17(15)22)14-11-24-25-18(14)20(12-23)10-5-4-9-16(20)21/h4-11,16H,1-3H3,(H,24,25). The molecule has 0 radical (unpaired) electrons. The van der Waals surface area contributed by atoms with Crippen molar-refractivity contribution in [3.05, 3.63) is 65.8 Å². The van der Waals surface area contributed by atoms with Gasteiger partial charge < -0.3 is 0 Å². The minimum atomic E-state index is -1.55. The summed E-state index contributed by atoms with van der Waals surface area (Å²) in [6.07, 6.45) is 5.87. The number of alkyl halides is 1. The fraction of sp³-hybridized carbons (Fsp3) is 0.300. The number of halogens is 2. The highest BCUT2D eigenvalue weighted by Crippen LogP contribution is 2.40. The number of hydrogen-bond donors (Lipinski definition) is 1. The van der Waals surface area contributed by atoms with Crippen LogP contribution in [0.1, 0.15) is 32.0 Å². The molecule has 2 atom stereocenters. The lowest BCUT2D eigenvalue weighted by Gasteiger charge is -2.27. The first-order valence-electron chi connectivity index (χ1n) is 8.06. The Bertz CT molecular complexity index is 896. The van der Waals surface area contributed by atoms with Crippen LogP contribution in [0.15, 0.2) is 48.7 Å². The first-order chi connectivity index (χ1) is 11.8. The van der Waals surface area contributed by atoms with Gasteiger partial charge in [-0.2, -0.15) is 10.4 Å². The average molecular weight is 339 g/mol. The smallest absolute Gasteiger partial charge is 0.152 e. The van der Waals surface area contributed by atoms with Gasteiger partial charge in [0.25, 0.3) is 0 Å². The van der Waals surface area contributed by atoms with E-state index in [1.165, 1.54) is 18.3 Å². The zero-order chi connectivity index (χ0) is 18.2. The highest BCUT2D eigenvalue weighted by Gasteiger charge is 2.43. The molecule has 3 nitrogen and oxygen atoms in total. The van der Waals surface area contributed by atoms with E-state index in [4.69, 9.17) is 0 Å². The third-order valence-corrected chi connectivity index (χ3v) is 4.52. The summed E-state index contributed by atoms with van der Waals surface area (Å²) in [5, 5.41) is 16.4. The number of H-pyrrole nitrogens is 1. The Morgan fingerprint density at radius 3 is 2.64 bits per heavy atom. The molecule has 0 amide bonds. The SMILES string of the molecule is CC(C)(C)c1cccc(-c2cn[nH]c2C2(C#N)C=CC=CC2F)c1F. The lowest BCUT2D eigenvalue weighted by atomic mass is 9.76. The van der Waals surface area contributed by atoms with Crippen LogP contribution in [-0.4, -0.2) is 16.4 Å². The van der Waals surface area contributed by atoms with Gasteiger partial charge in [0.15, 0.2) is 5.41 Å². The predicted molar refractivity (Wildman–Crippen MR) is 93.1 cm³/mol. The molecular formula is C20H19F2N3. The van der Waals surface area contributed by atoms with Crippen LogP contribution in [0.3, 0.4) is 0 Å². The Balaban J connectivity index is 2.21. The van der Waals surface area contributed by atoms with Crippen LogP contribution >= 0.6 is 0 Å². The van der Waals surface area contributed by atoms with Gasteiger partial charge in [0.1, 0.15) is 12.0 Å². The topological polar surface area (TPSA) is 52.5 Å². The van der Waals surface area contributed by atoms with E-state index in [1.807, 2.05) is 26.8 Å². The Labute approximate surface area is 145 Å². The molecule has 0 saturated carbocycles. The molecule has 1 heterocycles. The third kappa shape index (κ3) is 2.68. The van der Waals surface area contributed by atoms with Crippen LogP contribution in [0.4, 0.5) is 8.78 Å². The Hall–Kier alpha value is -2.74. The van der Waals surface area contributed by atoms with E-state index in [2.05, 4.69) is 10.2 Å². The summed E-state index contributed by atoms with van der Waals surface area (Å²) in [7, 11) is 0. The molecule has 0 spiro atoms. The zero-order valence-corrected chi connectivity index (χ0v) is 14.3. The van der Waals surface area contributed by atoms with E-state index in [0.717, 1.165) is 0 Å². The van der Waals surface area contributed by atoms with Crippen molar-refractivity contribution in [2.24, 2.45) is 0 Å². The second-order valence-corrected chi connectivity index (χ2v) is 7.20. The fourth-order valence-corrected chi connectivity index (χ4v) is 3.11. The van der Waals surface area contributed by atoms with Crippen molar-refractivity contribution in [1.29, 1.82) is 5.26 Å². The van der Waals surface area contributed by atoms with Crippen molar-refractivity contribution < 1.29 is 8.78 Å². The Morgan fingerprint density at radius 2 is 2.00 bits per heavy atom. The number of aromatic amines is 1. The molecule has 25 heavy (non-hydrogen) atoms. The van der Waals surface area contributed by atoms with E-state index >= 15 is 4.39 Å². The summed E-state index contributed by atoms with van der Waals surface area (Å²) in [5.74, 6) is -0.378. The van der Waals surface area contributed by atoms with Crippen molar-refractivity contribution in [3.63, 3.8) is 0 Å². The molecule has 128 valence electrons. The summed E-state index contributed by atoms with van der Waals surface area (Å²) in [4.78, 5) is 0. The van der Waals surface area contributed by atoms with E-state index in [-0.39, 0.29) is 16.9 Å². The minimum absolute atomic E-state index is 0.257. The second-order valence-electron chi connectivity index (χ2n) is 7.20. The first kappa shape index (κ1) is 17.1. The van der Waals surface area contributed by atoms with Crippen LogP contribution in [0.25, 0.3) is 11.1 Å². The molecule has 0 saturated heterocycles. The Morgan fingerprint density at radius 1 is 1.24 bits per heavy atom. The second kappa shape index (κ2) is 5.96. The van der Waals surface area contributed by atoms with Crippen LogP contribution in [0.5, 0.6) is 0 Å². The first-order valence-corrected chi connectivity index (χ1v) is 8.06. The third-order valence-electron chi connectivity index (χ3n) is 4.52. The van der Waals surface area contributed by atoms with Gasteiger partial charge in [0, 0.05) is 11.1 Å². The summed E-state index contributed by atoms with van der Waals surface area (Å²) < 4.78 is 29.8. The lowest BCUT2D eigenvalue weighted by Crippen LogP contribution is -2.34. The molecule has 3 rings (SSSR count). The van der Waals surface area contributed by atoms with Crippen LogP contribution in [-0.2, 0) is 10.8 Å². The maximum Gasteiger partial charge on any atom is 0.152 e. The molecule has 2 unspecified atom stereocenters. The molecule has 1 aliphatic rings. The highest BCUT2D eigenvalue weighted by molar-refractivity contribution is 5.70. The number of rotatable bonds is 2. The Kier molecular flexibility index (Phi) is 4.08. The summed E-state index contributed by atoms with van der Waals surface area (Å²) >= 11 is 0. The predicted octanol–water partition coefficient (Wildman–Crippen LogP) is 4.74. The fourth-order valence-electron chi connectivity index (χ4n) is 3.11. The number of hydrogen-bond acceptors (Lipinski definition) is 2. The monoisotopic (exact) mass is 339 g/mol. The minimum Gasteiger partial charge on any atom is -0.280 e. The average Bonchev–Trinajstić information content (AvgIpc) is 3.04. The number of benzene rings is 1. The van der Waals surface area contributed by atoms with Crippen LogP contribution < -0.4 is 0 Å². The van der Waals surface area contributed by atoms with Crippen molar-refractivity contribution in [1.82, 2.24) is 10.2 Å². The largest absolute Gasteiger partial charge is 0.280 e. The van der Waals surface area contributed by atoms with Gasteiger partial charge >= 0.3 is 0 Å². The number of nitrogens with one attached hydrogen (secondary N) is 1. The van der Waals surface area contributed by atoms with Crippen molar-refractivity contribution >= 4 is 0 Å². The van der Waals surface area contributed by atoms with Gasteiger partial charge in [-0.25, -0.2) is 8.78 Å². The molecule has 1 aromatic carbocycles. The van der Waals surface area contributed by atoms with Crippen molar-refractivity contribution in [2.45, 2.75) is 37.8 Å². The van der Waals surface area contributed by atoms with E-state index < -0.39 is 11.6 Å². The van der Waals surface area contributed by atoms with E-state index in [1.54, 1.807) is 30.4 Å². The van der Waals surface area contributed by atoms with Crippen LogP contribution in [0, 0.1) is 17.1 Å². The zero-order valence-electron chi connectivity index (χ0n) is 14.3. The molecule has 1 N–H and O–H groups in total. The molecule has 0 bridgehead atoms. The molecular weight excluding hydrogens is 320 g/mol. The maximum absolute atomic E-state index is 15.2. The normalized spacial score (nSPS) is 22.8. The van der Waals surface area contributed by atoms with Crippen molar-refractivity contribution in [3.8, 4) is 17.2 Å². The summed E-state index contributed by atoms with van der Waals surface area (Å²) in [6.45, 7) is 5.78. The highest BCUT2D eigenvalue weighted by atomic mass is 19.1. The lowest BCUT2D eigenvalue weighted by molar-refractivity contribution is 0.318. The van der Waals surface area contributed by atoms with Crippen molar-refractivity contribution in [2.75, 3.05) is 0 Å². The quantitative estimate of drug-likeness (QED) is 0.859. The van der Waals surface area contributed by atoms with Gasteiger partial charge in [-0.15, -0.1) is 0 Å². The summed E-state index contributed by atoms with van der Waals surface area (Å²) in [5.41, 5.74) is -0.418. The van der Waals surface area contributed by atoms with Gasteiger partial charge in [-0.1, -0.05) is 57.2 Å². The van der Waals surface area contributed by atoms with Gasteiger partial charge in [0.05, 0.1) is 18.0 Å². The van der Waals surface area contributed by atoms with Gasteiger partial charge in [-0.3, -0.25) is 5.10 Å². The maximum atomic E-state index is 15.2. The number of allylic oxidation sites excluding steroid dienone is 4. The molecule has 2 aromatic rings. The molecule has 0 fully saturated rings. The van der Waals surface area contributed by atoms with E-state index in [0.29, 0.717) is 16.7 Å². The molecule has 1 aliphatic carbocycles. The number of nitrogens with zero attached hydrogens (tertiary/aromatic N) is 2. The molecule has 1 aromatic heterocycles. The molecule has 5 heteroatoms.